The van der Waals surface area contributed by atoms with Crippen molar-refractivity contribution in [2.45, 2.75) is 63.5 Å². The van der Waals surface area contributed by atoms with Gasteiger partial charge in [0.1, 0.15) is 0 Å². The van der Waals surface area contributed by atoms with Crippen molar-refractivity contribution in [3.63, 3.8) is 0 Å². The molecule has 24 heavy (non-hydrogen) atoms. The molecule has 3 fully saturated rings. The summed E-state index contributed by atoms with van der Waals surface area (Å²) in [7, 11) is 0. The number of halogens is 2. The molecule has 142 valence electrons. The fourth-order valence-electron chi connectivity index (χ4n) is 4.55. The molecular formula is C17H33Cl2N3O2. The molecule has 5 nitrogen and oxygen atoms in total. The van der Waals surface area contributed by atoms with Crippen molar-refractivity contribution < 1.29 is 9.90 Å². The van der Waals surface area contributed by atoms with Gasteiger partial charge in [0, 0.05) is 18.0 Å². The third-order valence-corrected chi connectivity index (χ3v) is 6.01. The first-order chi connectivity index (χ1) is 10.7. The molecule has 0 bridgehead atoms. The Morgan fingerprint density at radius 3 is 2.42 bits per heavy atom. The van der Waals surface area contributed by atoms with Gasteiger partial charge < -0.3 is 15.7 Å². The summed E-state index contributed by atoms with van der Waals surface area (Å²) in [4.78, 5) is 15.1. The normalized spacial score (nSPS) is 27.3. The number of aliphatic hydroxyl groups is 1. The quantitative estimate of drug-likeness (QED) is 0.678. The number of hydrogen-bond acceptors (Lipinski definition) is 4. The second-order valence-corrected chi connectivity index (χ2v) is 7.46. The molecule has 0 radical (unpaired) electrons. The average Bonchev–Trinajstić information content (AvgIpc) is 3.23. The van der Waals surface area contributed by atoms with Gasteiger partial charge in [0.2, 0.25) is 5.91 Å². The van der Waals surface area contributed by atoms with E-state index >= 15 is 0 Å². The lowest BCUT2D eigenvalue weighted by atomic mass is 9.87. The van der Waals surface area contributed by atoms with Crippen molar-refractivity contribution >= 4 is 30.7 Å². The van der Waals surface area contributed by atoms with E-state index in [-0.39, 0.29) is 48.8 Å². The van der Waals surface area contributed by atoms with Gasteiger partial charge in [-0.25, -0.2) is 0 Å². The summed E-state index contributed by atoms with van der Waals surface area (Å²) >= 11 is 0. The van der Waals surface area contributed by atoms with Gasteiger partial charge in [-0.2, -0.15) is 0 Å². The molecule has 1 atom stereocenters. The second kappa shape index (κ2) is 10.2. The van der Waals surface area contributed by atoms with Crippen molar-refractivity contribution in [3.05, 3.63) is 0 Å². The van der Waals surface area contributed by atoms with E-state index in [4.69, 9.17) is 0 Å². The van der Waals surface area contributed by atoms with E-state index in [9.17, 15) is 9.90 Å². The molecule has 0 unspecified atom stereocenters. The van der Waals surface area contributed by atoms with Gasteiger partial charge in [-0.1, -0.05) is 12.8 Å². The lowest BCUT2D eigenvalue weighted by Crippen LogP contribution is -2.52. The highest BCUT2D eigenvalue weighted by atomic mass is 35.5. The predicted octanol–water partition coefficient (Wildman–Crippen LogP) is 1.72. The maximum absolute atomic E-state index is 12.7. The van der Waals surface area contributed by atoms with Gasteiger partial charge in [-0.3, -0.25) is 9.69 Å². The van der Waals surface area contributed by atoms with Crippen LogP contribution in [0.2, 0.25) is 0 Å². The smallest absolute Gasteiger partial charge is 0.237 e. The Bertz CT molecular complexity index is 386. The Hall–Kier alpha value is -0.0700. The van der Waals surface area contributed by atoms with Crippen molar-refractivity contribution in [1.82, 2.24) is 15.5 Å². The first-order valence-corrected chi connectivity index (χ1v) is 9.09. The first-order valence-electron chi connectivity index (χ1n) is 9.09. The number of nitrogens with one attached hydrogen (secondary N) is 2. The third-order valence-electron chi connectivity index (χ3n) is 6.01. The SMILES string of the molecule is Cl.Cl.O=C(NCC1(CO)CCCC1)[C@@H]1CCCN1C1CCNCC1. The lowest BCUT2D eigenvalue weighted by Gasteiger charge is -2.35. The number of carbonyl (C=O) groups excluding carboxylic acids is 1. The monoisotopic (exact) mass is 381 g/mol. The molecule has 3 aliphatic rings. The number of nitrogens with zero attached hydrogens (tertiary/aromatic N) is 1. The van der Waals surface area contributed by atoms with Crippen LogP contribution in [0, 0.1) is 5.41 Å². The van der Waals surface area contributed by atoms with Crippen molar-refractivity contribution in [1.29, 1.82) is 0 Å². The summed E-state index contributed by atoms with van der Waals surface area (Å²) in [6, 6.07) is 0.623. The van der Waals surface area contributed by atoms with Crippen LogP contribution in [0.1, 0.15) is 51.4 Å². The molecule has 1 aliphatic carbocycles. The van der Waals surface area contributed by atoms with Gasteiger partial charge in [0.15, 0.2) is 0 Å². The highest BCUT2D eigenvalue weighted by Crippen LogP contribution is 2.37. The van der Waals surface area contributed by atoms with E-state index in [2.05, 4.69) is 15.5 Å². The molecule has 1 amide bonds. The number of amides is 1. The van der Waals surface area contributed by atoms with E-state index < -0.39 is 0 Å². The van der Waals surface area contributed by atoms with Crippen molar-refractivity contribution in [2.75, 3.05) is 32.8 Å². The van der Waals surface area contributed by atoms with E-state index in [0.29, 0.717) is 12.6 Å². The molecule has 0 aromatic rings. The van der Waals surface area contributed by atoms with Gasteiger partial charge >= 0.3 is 0 Å². The molecule has 0 spiro atoms. The molecule has 7 heteroatoms. The topological polar surface area (TPSA) is 64.6 Å². The summed E-state index contributed by atoms with van der Waals surface area (Å²) in [6.45, 7) is 4.06. The number of aliphatic hydroxyl groups excluding tert-OH is 1. The molecule has 1 saturated carbocycles. The Morgan fingerprint density at radius 1 is 1.12 bits per heavy atom. The number of carbonyl (C=O) groups is 1. The largest absolute Gasteiger partial charge is 0.396 e. The number of likely N-dealkylation sites (tertiary alicyclic amines) is 1. The zero-order valence-electron chi connectivity index (χ0n) is 14.5. The number of hydrogen-bond donors (Lipinski definition) is 3. The van der Waals surface area contributed by atoms with Crippen molar-refractivity contribution in [3.8, 4) is 0 Å². The standard InChI is InChI=1S/C17H31N3O2.2ClH/c21-13-17(7-1-2-8-17)12-19-16(22)15-4-3-11-20(15)14-5-9-18-10-6-14;;/h14-15,18,21H,1-13H2,(H,19,22);2*1H/t15-;;/m0../s1. The summed E-state index contributed by atoms with van der Waals surface area (Å²) in [5.74, 6) is 0.191. The zero-order valence-corrected chi connectivity index (χ0v) is 16.1. The fourth-order valence-corrected chi connectivity index (χ4v) is 4.55. The summed E-state index contributed by atoms with van der Waals surface area (Å²) in [5.41, 5.74) is -0.0478. The summed E-state index contributed by atoms with van der Waals surface area (Å²) in [6.07, 6.45) is 8.89. The van der Waals surface area contributed by atoms with Gasteiger partial charge in [0.25, 0.3) is 0 Å². The Balaban J connectivity index is 0.00000144. The van der Waals surface area contributed by atoms with Crippen LogP contribution in [-0.4, -0.2) is 60.8 Å². The van der Waals surface area contributed by atoms with Gasteiger partial charge in [0.05, 0.1) is 12.6 Å². The zero-order chi connectivity index (χ0) is 15.4. The molecule has 0 aromatic carbocycles. The minimum absolute atomic E-state index is 0. The Morgan fingerprint density at radius 2 is 1.79 bits per heavy atom. The van der Waals surface area contributed by atoms with Gasteiger partial charge in [-0.05, 0) is 58.2 Å². The molecule has 2 heterocycles. The molecule has 3 N–H and O–H groups in total. The highest BCUT2D eigenvalue weighted by molar-refractivity contribution is 5.85. The van der Waals surface area contributed by atoms with Crippen LogP contribution >= 0.6 is 24.8 Å². The summed E-state index contributed by atoms with van der Waals surface area (Å²) in [5, 5.41) is 16.3. The maximum Gasteiger partial charge on any atom is 0.237 e. The van der Waals surface area contributed by atoms with Crippen LogP contribution in [-0.2, 0) is 4.79 Å². The van der Waals surface area contributed by atoms with E-state index in [0.717, 1.165) is 58.2 Å². The Kier molecular flexibility index (Phi) is 9.31. The third kappa shape index (κ3) is 4.98. The minimum atomic E-state index is -0.0478. The van der Waals surface area contributed by atoms with Crippen LogP contribution < -0.4 is 10.6 Å². The van der Waals surface area contributed by atoms with E-state index in [1.807, 2.05) is 0 Å². The fraction of sp³-hybridized carbons (Fsp3) is 0.941. The maximum atomic E-state index is 12.7. The van der Waals surface area contributed by atoms with Crippen LogP contribution in [0.5, 0.6) is 0 Å². The highest BCUT2D eigenvalue weighted by Gasteiger charge is 2.38. The van der Waals surface area contributed by atoms with Crippen LogP contribution in [0.15, 0.2) is 0 Å². The average molecular weight is 382 g/mol. The molecule has 2 aliphatic heterocycles. The molecular weight excluding hydrogens is 349 g/mol. The van der Waals surface area contributed by atoms with E-state index in [1.165, 1.54) is 12.8 Å². The molecule has 2 saturated heterocycles. The number of piperidine rings is 1. The van der Waals surface area contributed by atoms with Gasteiger partial charge in [-0.15, -0.1) is 24.8 Å². The molecule has 0 aromatic heterocycles. The van der Waals surface area contributed by atoms with Crippen LogP contribution in [0.4, 0.5) is 0 Å². The minimum Gasteiger partial charge on any atom is -0.396 e. The summed E-state index contributed by atoms with van der Waals surface area (Å²) < 4.78 is 0. The van der Waals surface area contributed by atoms with Crippen LogP contribution in [0.3, 0.4) is 0 Å². The molecule has 3 rings (SSSR count). The Labute approximate surface area is 158 Å². The predicted molar refractivity (Wildman–Crippen MR) is 101 cm³/mol. The second-order valence-electron chi connectivity index (χ2n) is 7.46. The van der Waals surface area contributed by atoms with Crippen molar-refractivity contribution in [2.24, 2.45) is 5.41 Å². The first kappa shape index (κ1) is 22.0. The number of rotatable bonds is 5. The lowest BCUT2D eigenvalue weighted by molar-refractivity contribution is -0.127. The van der Waals surface area contributed by atoms with Crippen LogP contribution in [0.25, 0.3) is 0 Å². The van der Waals surface area contributed by atoms with E-state index in [1.54, 1.807) is 0 Å².